The molecular weight excluding hydrogens is 460 g/mol. The van der Waals surface area contributed by atoms with Gasteiger partial charge in [-0.05, 0) is 67.4 Å². The monoisotopic (exact) mass is 492 g/mol. The number of carbonyl (C=O) groups excluding carboxylic acids is 2. The zero-order valence-electron chi connectivity index (χ0n) is 21.0. The van der Waals surface area contributed by atoms with E-state index in [1.807, 2.05) is 32.0 Å². The molecule has 0 aliphatic rings. The summed E-state index contributed by atoms with van der Waals surface area (Å²) in [7, 11) is 3.15. The number of anilines is 1. The van der Waals surface area contributed by atoms with E-state index in [9.17, 15) is 9.59 Å². The van der Waals surface area contributed by atoms with Gasteiger partial charge in [0.2, 0.25) is 0 Å². The Balaban J connectivity index is 1.53. The number of hydrogen-bond donors (Lipinski definition) is 2. The fourth-order valence-electron chi connectivity index (χ4n) is 3.40. The molecule has 8 nitrogen and oxygen atoms in total. The van der Waals surface area contributed by atoms with Crippen molar-refractivity contribution in [1.29, 1.82) is 0 Å². The van der Waals surface area contributed by atoms with E-state index in [0.717, 1.165) is 12.0 Å². The standard InChI is InChI=1S/C28H32N2O6/c1-5-15-35-25-14-11-21(16-26(25)34-4)19(2)29-28(32)20-9-12-23(13-10-20)36-18-27(31)30-22-7-6-8-24(17-22)33-3/h6-14,16-17,19H,5,15,18H2,1-4H3,(H,29,32)(H,30,31). The number of methoxy groups -OCH3 is 2. The average Bonchev–Trinajstić information content (AvgIpc) is 2.90. The first-order valence-electron chi connectivity index (χ1n) is 11.7. The Bertz CT molecular complexity index is 1160. The Morgan fingerprint density at radius 2 is 1.64 bits per heavy atom. The first-order valence-corrected chi connectivity index (χ1v) is 11.7. The second-order valence-corrected chi connectivity index (χ2v) is 8.05. The molecule has 3 aromatic rings. The molecule has 2 N–H and O–H groups in total. The number of ether oxygens (including phenoxy) is 4. The molecule has 0 bridgehead atoms. The molecule has 3 rings (SSSR count). The molecule has 0 aliphatic carbocycles. The molecule has 190 valence electrons. The fraction of sp³-hybridized carbons (Fsp3) is 0.286. The minimum Gasteiger partial charge on any atom is -0.497 e. The molecule has 0 aliphatic heterocycles. The van der Waals surface area contributed by atoms with E-state index in [1.54, 1.807) is 62.8 Å². The number of nitrogens with one attached hydrogen (secondary N) is 2. The van der Waals surface area contributed by atoms with Gasteiger partial charge in [-0.2, -0.15) is 0 Å². The maximum atomic E-state index is 12.7. The molecular formula is C28H32N2O6. The van der Waals surface area contributed by atoms with Gasteiger partial charge in [-0.25, -0.2) is 0 Å². The van der Waals surface area contributed by atoms with Crippen molar-refractivity contribution < 1.29 is 28.5 Å². The minimum absolute atomic E-state index is 0.167. The van der Waals surface area contributed by atoms with E-state index < -0.39 is 0 Å². The SMILES string of the molecule is CCCOc1ccc(C(C)NC(=O)c2ccc(OCC(=O)Nc3cccc(OC)c3)cc2)cc1OC. The Hall–Kier alpha value is -4.20. The van der Waals surface area contributed by atoms with Gasteiger partial charge in [0.05, 0.1) is 26.9 Å². The van der Waals surface area contributed by atoms with E-state index in [-0.39, 0.29) is 24.5 Å². The molecule has 0 fully saturated rings. The lowest BCUT2D eigenvalue weighted by molar-refractivity contribution is -0.118. The Morgan fingerprint density at radius 3 is 2.33 bits per heavy atom. The third-order valence-corrected chi connectivity index (χ3v) is 5.34. The molecule has 8 heteroatoms. The van der Waals surface area contributed by atoms with Gasteiger partial charge in [0.15, 0.2) is 18.1 Å². The summed E-state index contributed by atoms with van der Waals surface area (Å²) in [4.78, 5) is 24.9. The van der Waals surface area contributed by atoms with Crippen LogP contribution in [0.4, 0.5) is 5.69 Å². The molecule has 0 saturated heterocycles. The smallest absolute Gasteiger partial charge is 0.262 e. The number of hydrogen-bond acceptors (Lipinski definition) is 6. The Kier molecular flexibility index (Phi) is 9.56. The average molecular weight is 493 g/mol. The number of benzene rings is 3. The minimum atomic E-state index is -0.305. The summed E-state index contributed by atoms with van der Waals surface area (Å²) in [5, 5.41) is 5.73. The van der Waals surface area contributed by atoms with E-state index in [2.05, 4.69) is 10.6 Å². The lowest BCUT2D eigenvalue weighted by Crippen LogP contribution is -2.26. The molecule has 0 aromatic heterocycles. The summed E-state index contributed by atoms with van der Waals surface area (Å²) in [6.07, 6.45) is 0.901. The van der Waals surface area contributed by atoms with Gasteiger partial charge in [0, 0.05) is 17.3 Å². The van der Waals surface area contributed by atoms with Crippen molar-refractivity contribution in [2.24, 2.45) is 0 Å². The second-order valence-electron chi connectivity index (χ2n) is 8.05. The van der Waals surface area contributed by atoms with Gasteiger partial charge in [-0.1, -0.05) is 19.1 Å². The fourth-order valence-corrected chi connectivity index (χ4v) is 3.40. The molecule has 3 aromatic carbocycles. The van der Waals surface area contributed by atoms with Crippen molar-refractivity contribution in [3.63, 3.8) is 0 Å². The highest BCUT2D eigenvalue weighted by molar-refractivity contribution is 5.94. The number of carbonyl (C=O) groups is 2. The van der Waals surface area contributed by atoms with Crippen LogP contribution in [-0.2, 0) is 4.79 Å². The van der Waals surface area contributed by atoms with Gasteiger partial charge in [-0.15, -0.1) is 0 Å². The molecule has 1 atom stereocenters. The Labute approximate surface area is 211 Å². The van der Waals surface area contributed by atoms with Crippen LogP contribution in [0.25, 0.3) is 0 Å². The first-order chi connectivity index (χ1) is 17.4. The van der Waals surface area contributed by atoms with Crippen molar-refractivity contribution in [1.82, 2.24) is 5.32 Å². The van der Waals surface area contributed by atoms with Crippen molar-refractivity contribution in [3.05, 3.63) is 77.9 Å². The van der Waals surface area contributed by atoms with E-state index in [0.29, 0.717) is 40.9 Å². The van der Waals surface area contributed by atoms with Crippen molar-refractivity contribution >= 4 is 17.5 Å². The van der Waals surface area contributed by atoms with Crippen LogP contribution in [0.3, 0.4) is 0 Å². The van der Waals surface area contributed by atoms with Gasteiger partial charge in [0.25, 0.3) is 11.8 Å². The van der Waals surface area contributed by atoms with Crippen LogP contribution in [0.2, 0.25) is 0 Å². The molecule has 0 saturated carbocycles. The first kappa shape index (κ1) is 26.4. The van der Waals surface area contributed by atoms with Gasteiger partial charge in [-0.3, -0.25) is 9.59 Å². The summed E-state index contributed by atoms with van der Waals surface area (Å²) < 4.78 is 21.8. The second kappa shape index (κ2) is 13.0. The molecule has 1 unspecified atom stereocenters. The van der Waals surface area contributed by atoms with Crippen molar-refractivity contribution in [3.8, 4) is 23.0 Å². The van der Waals surface area contributed by atoms with Crippen LogP contribution in [0.5, 0.6) is 23.0 Å². The maximum absolute atomic E-state index is 12.7. The zero-order chi connectivity index (χ0) is 25.9. The quantitative estimate of drug-likeness (QED) is 0.369. The van der Waals surface area contributed by atoms with Crippen molar-refractivity contribution in [2.75, 3.05) is 32.8 Å². The predicted octanol–water partition coefficient (Wildman–Crippen LogP) is 5.00. The van der Waals surface area contributed by atoms with Crippen molar-refractivity contribution in [2.45, 2.75) is 26.3 Å². The predicted molar refractivity (Wildman–Crippen MR) is 138 cm³/mol. The highest BCUT2D eigenvalue weighted by Gasteiger charge is 2.15. The highest BCUT2D eigenvalue weighted by atomic mass is 16.5. The molecule has 0 heterocycles. The summed E-state index contributed by atoms with van der Waals surface area (Å²) in [6.45, 7) is 4.38. The van der Waals surface area contributed by atoms with Crippen LogP contribution in [0.1, 0.15) is 42.2 Å². The topological polar surface area (TPSA) is 95.1 Å². The Morgan fingerprint density at radius 1 is 0.861 bits per heavy atom. The van der Waals surface area contributed by atoms with Crippen LogP contribution in [-0.4, -0.2) is 39.2 Å². The van der Waals surface area contributed by atoms with E-state index >= 15 is 0 Å². The van der Waals surface area contributed by atoms with Gasteiger partial charge >= 0.3 is 0 Å². The third-order valence-electron chi connectivity index (χ3n) is 5.34. The molecule has 0 spiro atoms. The highest BCUT2D eigenvalue weighted by Crippen LogP contribution is 2.30. The van der Waals surface area contributed by atoms with Crippen LogP contribution < -0.4 is 29.6 Å². The van der Waals surface area contributed by atoms with E-state index in [4.69, 9.17) is 18.9 Å². The number of rotatable bonds is 12. The maximum Gasteiger partial charge on any atom is 0.262 e. The van der Waals surface area contributed by atoms with Crippen LogP contribution >= 0.6 is 0 Å². The number of amides is 2. The lowest BCUT2D eigenvalue weighted by Gasteiger charge is -2.17. The van der Waals surface area contributed by atoms with Crippen LogP contribution in [0, 0.1) is 0 Å². The van der Waals surface area contributed by atoms with Crippen LogP contribution in [0.15, 0.2) is 66.7 Å². The zero-order valence-corrected chi connectivity index (χ0v) is 21.0. The molecule has 36 heavy (non-hydrogen) atoms. The normalized spacial score (nSPS) is 11.2. The summed E-state index contributed by atoms with van der Waals surface area (Å²) in [6, 6.07) is 19.0. The summed E-state index contributed by atoms with van der Waals surface area (Å²) in [5.41, 5.74) is 1.99. The summed E-state index contributed by atoms with van der Waals surface area (Å²) >= 11 is 0. The van der Waals surface area contributed by atoms with Gasteiger partial charge < -0.3 is 29.6 Å². The van der Waals surface area contributed by atoms with Gasteiger partial charge in [0.1, 0.15) is 11.5 Å². The van der Waals surface area contributed by atoms with E-state index in [1.165, 1.54) is 0 Å². The lowest BCUT2D eigenvalue weighted by atomic mass is 10.1. The molecule has 2 amide bonds. The largest absolute Gasteiger partial charge is 0.497 e. The molecule has 0 radical (unpaired) electrons. The summed E-state index contributed by atoms with van der Waals surface area (Å²) in [5.74, 6) is 1.89. The third kappa shape index (κ3) is 7.40.